The molecule has 1 aliphatic heterocycles. The van der Waals surface area contributed by atoms with Crippen LogP contribution in [0.15, 0.2) is 30.5 Å². The third kappa shape index (κ3) is 3.50. The van der Waals surface area contributed by atoms with Crippen molar-refractivity contribution in [2.75, 3.05) is 11.9 Å². The Balaban J connectivity index is 1.60. The van der Waals surface area contributed by atoms with Gasteiger partial charge in [0.15, 0.2) is 5.13 Å². The molecule has 2 heterocycles. The lowest BCUT2D eigenvalue weighted by Crippen LogP contribution is -2.26. The molecule has 1 fully saturated rings. The number of nitrogens with one attached hydrogen (secondary N) is 1. The maximum Gasteiger partial charge on any atom is 0.255 e. The van der Waals surface area contributed by atoms with Crippen molar-refractivity contribution in [1.29, 1.82) is 5.26 Å². The molecule has 0 saturated carbocycles. The third-order valence-electron chi connectivity index (χ3n) is 3.47. The highest BCUT2D eigenvalue weighted by atomic mass is 32.1. The SMILES string of the molecule is N#Cc1ccc(Cc2cnc(NC(=O)C3CCCO3)s2)cc1. The smallest absolute Gasteiger partial charge is 0.255 e. The number of rotatable bonds is 4. The van der Waals surface area contributed by atoms with Crippen LogP contribution in [0.3, 0.4) is 0 Å². The zero-order chi connectivity index (χ0) is 15.4. The molecule has 1 unspecified atom stereocenters. The van der Waals surface area contributed by atoms with Crippen molar-refractivity contribution in [2.45, 2.75) is 25.4 Å². The predicted octanol–water partition coefficient (Wildman–Crippen LogP) is 2.72. The van der Waals surface area contributed by atoms with Crippen LogP contribution in [0.2, 0.25) is 0 Å². The largest absolute Gasteiger partial charge is 0.368 e. The molecule has 1 saturated heterocycles. The van der Waals surface area contributed by atoms with Gasteiger partial charge in [-0.3, -0.25) is 10.1 Å². The highest BCUT2D eigenvalue weighted by molar-refractivity contribution is 7.15. The van der Waals surface area contributed by atoms with Gasteiger partial charge in [-0.05, 0) is 30.5 Å². The second kappa shape index (κ2) is 6.69. The molecule has 5 nitrogen and oxygen atoms in total. The molecule has 3 rings (SSSR count). The maximum atomic E-state index is 12.0. The fourth-order valence-electron chi connectivity index (χ4n) is 2.32. The predicted molar refractivity (Wildman–Crippen MR) is 83.7 cm³/mol. The Kier molecular flexibility index (Phi) is 4.47. The summed E-state index contributed by atoms with van der Waals surface area (Å²) in [7, 11) is 0. The number of carbonyl (C=O) groups excluding carboxylic acids is 1. The zero-order valence-corrected chi connectivity index (χ0v) is 12.7. The Bertz CT molecular complexity index is 697. The molecule has 0 spiro atoms. The molecule has 22 heavy (non-hydrogen) atoms. The number of benzene rings is 1. The fourth-order valence-corrected chi connectivity index (χ4v) is 3.17. The van der Waals surface area contributed by atoms with Crippen LogP contribution >= 0.6 is 11.3 Å². The lowest BCUT2D eigenvalue weighted by Gasteiger charge is -2.07. The summed E-state index contributed by atoms with van der Waals surface area (Å²) in [5, 5.41) is 12.2. The Morgan fingerprint density at radius 2 is 2.27 bits per heavy atom. The van der Waals surface area contributed by atoms with E-state index in [-0.39, 0.29) is 12.0 Å². The van der Waals surface area contributed by atoms with Gasteiger partial charge in [0.05, 0.1) is 11.6 Å². The van der Waals surface area contributed by atoms with Crippen molar-refractivity contribution >= 4 is 22.4 Å². The molecule has 0 aliphatic carbocycles. The van der Waals surface area contributed by atoms with Gasteiger partial charge in [0.25, 0.3) is 5.91 Å². The number of ether oxygens (including phenoxy) is 1. The molecule has 1 aromatic carbocycles. The van der Waals surface area contributed by atoms with Crippen LogP contribution < -0.4 is 5.32 Å². The van der Waals surface area contributed by atoms with Gasteiger partial charge < -0.3 is 4.74 Å². The van der Waals surface area contributed by atoms with Crippen molar-refractivity contribution in [2.24, 2.45) is 0 Å². The van der Waals surface area contributed by atoms with Gasteiger partial charge in [0, 0.05) is 24.1 Å². The second-order valence-corrected chi connectivity index (χ2v) is 6.22. The number of thiazole rings is 1. The van der Waals surface area contributed by atoms with E-state index in [9.17, 15) is 4.79 Å². The molecule has 1 N–H and O–H groups in total. The number of aromatic nitrogens is 1. The first-order chi connectivity index (χ1) is 10.7. The number of nitriles is 1. The molecule has 0 radical (unpaired) electrons. The minimum absolute atomic E-state index is 0.114. The monoisotopic (exact) mass is 313 g/mol. The van der Waals surface area contributed by atoms with Crippen LogP contribution in [0.1, 0.15) is 28.8 Å². The van der Waals surface area contributed by atoms with Crippen molar-refractivity contribution in [3.05, 3.63) is 46.5 Å². The summed E-state index contributed by atoms with van der Waals surface area (Å²) in [5.41, 5.74) is 1.76. The molecule has 1 aromatic heterocycles. The average Bonchev–Trinajstić information content (AvgIpc) is 3.20. The summed E-state index contributed by atoms with van der Waals surface area (Å²) < 4.78 is 5.35. The van der Waals surface area contributed by atoms with Gasteiger partial charge in [-0.2, -0.15) is 5.26 Å². The summed E-state index contributed by atoms with van der Waals surface area (Å²) in [6.45, 7) is 0.653. The lowest BCUT2D eigenvalue weighted by molar-refractivity contribution is -0.124. The van der Waals surface area contributed by atoms with Gasteiger partial charge in [-0.1, -0.05) is 12.1 Å². The topological polar surface area (TPSA) is 75.0 Å². The maximum absolute atomic E-state index is 12.0. The van der Waals surface area contributed by atoms with E-state index in [2.05, 4.69) is 16.4 Å². The first-order valence-corrected chi connectivity index (χ1v) is 7.92. The normalized spacial score (nSPS) is 17.1. The number of anilines is 1. The minimum atomic E-state index is -0.342. The molecule has 0 bridgehead atoms. The zero-order valence-electron chi connectivity index (χ0n) is 11.9. The minimum Gasteiger partial charge on any atom is -0.368 e. The van der Waals surface area contributed by atoms with Gasteiger partial charge in [0.1, 0.15) is 6.10 Å². The van der Waals surface area contributed by atoms with Crippen molar-refractivity contribution in [3.8, 4) is 6.07 Å². The van der Waals surface area contributed by atoms with Crippen LogP contribution in [-0.4, -0.2) is 23.6 Å². The van der Waals surface area contributed by atoms with Crippen LogP contribution in [0, 0.1) is 11.3 Å². The number of amides is 1. The molecular weight excluding hydrogens is 298 g/mol. The molecule has 1 atom stereocenters. The van der Waals surface area contributed by atoms with Crippen LogP contribution in [0.4, 0.5) is 5.13 Å². The average molecular weight is 313 g/mol. The molecule has 1 amide bonds. The van der Waals surface area contributed by atoms with E-state index in [1.165, 1.54) is 11.3 Å². The van der Waals surface area contributed by atoms with E-state index in [0.29, 0.717) is 17.3 Å². The van der Waals surface area contributed by atoms with Gasteiger partial charge in [-0.15, -0.1) is 11.3 Å². The van der Waals surface area contributed by atoms with Crippen molar-refractivity contribution in [1.82, 2.24) is 4.98 Å². The first kappa shape index (κ1) is 14.7. The van der Waals surface area contributed by atoms with Crippen molar-refractivity contribution < 1.29 is 9.53 Å². The third-order valence-corrected chi connectivity index (χ3v) is 4.38. The summed E-state index contributed by atoms with van der Waals surface area (Å²) >= 11 is 1.46. The summed E-state index contributed by atoms with van der Waals surface area (Å²) in [6, 6.07) is 9.57. The summed E-state index contributed by atoms with van der Waals surface area (Å²) in [5.74, 6) is -0.114. The number of hydrogen-bond donors (Lipinski definition) is 1. The first-order valence-electron chi connectivity index (χ1n) is 7.11. The van der Waals surface area contributed by atoms with E-state index < -0.39 is 0 Å². The fraction of sp³-hybridized carbons (Fsp3) is 0.312. The Hall–Kier alpha value is -2.23. The summed E-state index contributed by atoms with van der Waals surface area (Å²) in [6.07, 6.45) is 3.87. The van der Waals surface area contributed by atoms with E-state index in [0.717, 1.165) is 29.7 Å². The van der Waals surface area contributed by atoms with E-state index in [1.807, 2.05) is 12.1 Å². The van der Waals surface area contributed by atoms with E-state index in [4.69, 9.17) is 10.00 Å². The number of carbonyl (C=O) groups is 1. The van der Waals surface area contributed by atoms with Gasteiger partial charge in [0.2, 0.25) is 0 Å². The van der Waals surface area contributed by atoms with Crippen LogP contribution in [0.5, 0.6) is 0 Å². The summed E-state index contributed by atoms with van der Waals surface area (Å²) in [4.78, 5) is 17.3. The molecular formula is C16H15N3O2S. The standard InChI is InChI=1S/C16H15N3O2S/c17-9-12-5-3-11(4-6-12)8-13-10-18-16(22-13)19-15(20)14-2-1-7-21-14/h3-6,10,14H,1-2,7-8H2,(H,18,19,20). The van der Waals surface area contributed by atoms with Gasteiger partial charge in [-0.25, -0.2) is 4.98 Å². The number of nitrogens with zero attached hydrogens (tertiary/aromatic N) is 2. The van der Waals surface area contributed by atoms with Gasteiger partial charge >= 0.3 is 0 Å². The van der Waals surface area contributed by atoms with Crippen molar-refractivity contribution in [3.63, 3.8) is 0 Å². The van der Waals surface area contributed by atoms with Crippen LogP contribution in [-0.2, 0) is 16.0 Å². The molecule has 6 heteroatoms. The Labute approximate surface area is 132 Å². The molecule has 2 aromatic rings. The Morgan fingerprint density at radius 3 is 2.95 bits per heavy atom. The van der Waals surface area contributed by atoms with Crippen LogP contribution in [0.25, 0.3) is 0 Å². The number of hydrogen-bond acceptors (Lipinski definition) is 5. The second-order valence-electron chi connectivity index (χ2n) is 5.11. The lowest BCUT2D eigenvalue weighted by atomic mass is 10.1. The highest BCUT2D eigenvalue weighted by Crippen LogP contribution is 2.22. The van der Waals surface area contributed by atoms with E-state index >= 15 is 0 Å². The quantitative estimate of drug-likeness (QED) is 0.941. The molecule has 1 aliphatic rings. The highest BCUT2D eigenvalue weighted by Gasteiger charge is 2.24. The molecule has 112 valence electrons. The van der Waals surface area contributed by atoms with E-state index in [1.54, 1.807) is 18.3 Å². The Morgan fingerprint density at radius 1 is 1.45 bits per heavy atom.